The largest absolute Gasteiger partial charge is 0.329 e. The van der Waals surface area contributed by atoms with E-state index in [0.29, 0.717) is 22.5 Å². The number of halogens is 1. The minimum absolute atomic E-state index is 0.358. The van der Waals surface area contributed by atoms with Gasteiger partial charge in [-0.15, -0.1) is 0 Å². The first kappa shape index (κ1) is 21.6. The Balaban J connectivity index is 1.53. The highest BCUT2D eigenvalue weighted by Crippen LogP contribution is 2.23. The minimum atomic E-state index is -0.911. The number of nitrogens with one attached hydrogen (secondary N) is 2. The molecule has 0 saturated carbocycles. The Hall–Kier alpha value is -4.59. The van der Waals surface area contributed by atoms with Gasteiger partial charge in [-0.05, 0) is 61.0 Å². The zero-order valence-electron chi connectivity index (χ0n) is 17.7. The third-order valence-electron chi connectivity index (χ3n) is 4.73. The van der Waals surface area contributed by atoms with Crippen molar-refractivity contribution in [3.63, 3.8) is 0 Å². The van der Waals surface area contributed by atoms with Gasteiger partial charge in [-0.2, -0.15) is 10.2 Å². The first-order valence-electron chi connectivity index (χ1n) is 10.1. The Morgan fingerprint density at radius 3 is 2.45 bits per heavy atom. The maximum atomic E-state index is 13.4. The summed E-state index contributed by atoms with van der Waals surface area (Å²) < 4.78 is 15.0. The van der Waals surface area contributed by atoms with Gasteiger partial charge in [0.05, 0.1) is 11.9 Å². The second-order valence-corrected chi connectivity index (χ2v) is 7.24. The van der Waals surface area contributed by atoms with Crippen LogP contribution in [0.1, 0.15) is 11.1 Å². The van der Waals surface area contributed by atoms with Gasteiger partial charge in [0, 0.05) is 23.0 Å². The van der Waals surface area contributed by atoms with Crippen LogP contribution in [0.3, 0.4) is 0 Å². The van der Waals surface area contributed by atoms with E-state index in [2.05, 4.69) is 20.9 Å². The molecule has 7 nitrogen and oxygen atoms in total. The SMILES string of the molecule is Cc1cccc(NC(=O)C(=O)N/N=C\c2cn(-c3ccccc3)nc2-c2ccc(F)cc2)c1. The van der Waals surface area contributed by atoms with Crippen molar-refractivity contribution in [3.8, 4) is 16.9 Å². The smallest absolute Gasteiger partial charge is 0.318 e. The molecule has 0 aliphatic heterocycles. The molecule has 2 N–H and O–H groups in total. The molecule has 2 amide bonds. The number of para-hydroxylation sites is 1. The first-order chi connectivity index (χ1) is 16.0. The molecule has 1 aromatic heterocycles. The Kier molecular flexibility index (Phi) is 6.36. The van der Waals surface area contributed by atoms with Crippen molar-refractivity contribution in [2.75, 3.05) is 5.32 Å². The van der Waals surface area contributed by atoms with E-state index in [9.17, 15) is 14.0 Å². The lowest BCUT2D eigenvalue weighted by Gasteiger charge is -2.04. The summed E-state index contributed by atoms with van der Waals surface area (Å²) in [5.41, 5.74) is 6.31. The lowest BCUT2D eigenvalue weighted by atomic mass is 10.1. The van der Waals surface area contributed by atoms with E-state index >= 15 is 0 Å². The number of hydrogen-bond acceptors (Lipinski definition) is 4. The molecule has 0 bridgehead atoms. The van der Waals surface area contributed by atoms with Gasteiger partial charge >= 0.3 is 11.8 Å². The maximum Gasteiger partial charge on any atom is 0.329 e. The molecule has 4 rings (SSSR count). The maximum absolute atomic E-state index is 13.4. The number of benzene rings is 3. The van der Waals surface area contributed by atoms with Crippen LogP contribution in [0.25, 0.3) is 16.9 Å². The summed E-state index contributed by atoms with van der Waals surface area (Å²) in [5.74, 6) is -2.11. The average Bonchev–Trinajstić information content (AvgIpc) is 3.24. The third kappa shape index (κ3) is 5.37. The quantitative estimate of drug-likeness (QED) is 0.278. The highest BCUT2D eigenvalue weighted by atomic mass is 19.1. The summed E-state index contributed by atoms with van der Waals surface area (Å²) >= 11 is 0. The topological polar surface area (TPSA) is 88.4 Å². The van der Waals surface area contributed by atoms with Crippen molar-refractivity contribution in [2.45, 2.75) is 6.92 Å². The molecule has 0 saturated heterocycles. The van der Waals surface area contributed by atoms with Crippen LogP contribution in [0, 0.1) is 12.7 Å². The monoisotopic (exact) mass is 441 g/mol. The van der Waals surface area contributed by atoms with Gasteiger partial charge < -0.3 is 5.32 Å². The van der Waals surface area contributed by atoms with Gasteiger partial charge in [0.1, 0.15) is 11.5 Å². The minimum Gasteiger partial charge on any atom is -0.318 e. The molecule has 4 aromatic rings. The summed E-state index contributed by atoms with van der Waals surface area (Å²) in [6.07, 6.45) is 3.12. The Bertz CT molecular complexity index is 1310. The van der Waals surface area contributed by atoms with Crippen LogP contribution in [0.4, 0.5) is 10.1 Å². The van der Waals surface area contributed by atoms with Crippen LogP contribution in [-0.4, -0.2) is 27.8 Å². The van der Waals surface area contributed by atoms with Crippen molar-refractivity contribution in [3.05, 3.63) is 102 Å². The van der Waals surface area contributed by atoms with E-state index in [1.54, 1.807) is 41.2 Å². The number of hydrogen-bond donors (Lipinski definition) is 2. The lowest BCUT2D eigenvalue weighted by Crippen LogP contribution is -2.32. The number of aryl methyl sites for hydroxylation is 1. The van der Waals surface area contributed by atoms with E-state index in [1.807, 2.05) is 43.3 Å². The van der Waals surface area contributed by atoms with Crippen molar-refractivity contribution in [1.82, 2.24) is 15.2 Å². The number of hydrazone groups is 1. The Labute approximate surface area is 189 Å². The molecule has 0 aliphatic rings. The molecule has 33 heavy (non-hydrogen) atoms. The van der Waals surface area contributed by atoms with Crippen LogP contribution in [0.2, 0.25) is 0 Å². The van der Waals surface area contributed by atoms with Gasteiger partial charge in [-0.3, -0.25) is 9.59 Å². The lowest BCUT2D eigenvalue weighted by molar-refractivity contribution is -0.136. The zero-order chi connectivity index (χ0) is 23.2. The molecule has 164 valence electrons. The number of carbonyl (C=O) groups is 2. The molecular weight excluding hydrogens is 421 g/mol. The number of amides is 2. The molecule has 0 atom stereocenters. The van der Waals surface area contributed by atoms with Gasteiger partial charge in [0.2, 0.25) is 0 Å². The summed E-state index contributed by atoms with van der Waals surface area (Å²) in [7, 11) is 0. The number of nitrogens with zero attached hydrogens (tertiary/aromatic N) is 3. The molecular formula is C25H20FN5O2. The van der Waals surface area contributed by atoms with E-state index < -0.39 is 11.8 Å². The van der Waals surface area contributed by atoms with Gasteiger partial charge in [0.25, 0.3) is 0 Å². The van der Waals surface area contributed by atoms with Crippen LogP contribution < -0.4 is 10.7 Å². The molecule has 3 aromatic carbocycles. The van der Waals surface area contributed by atoms with Crippen molar-refractivity contribution in [1.29, 1.82) is 0 Å². The van der Waals surface area contributed by atoms with Crippen molar-refractivity contribution < 1.29 is 14.0 Å². The highest BCUT2D eigenvalue weighted by Gasteiger charge is 2.14. The van der Waals surface area contributed by atoms with Crippen LogP contribution >= 0.6 is 0 Å². The Morgan fingerprint density at radius 1 is 0.970 bits per heavy atom. The van der Waals surface area contributed by atoms with E-state index in [0.717, 1.165) is 11.3 Å². The summed E-state index contributed by atoms with van der Waals surface area (Å²) in [6.45, 7) is 1.88. The Morgan fingerprint density at radius 2 is 1.73 bits per heavy atom. The van der Waals surface area contributed by atoms with Crippen LogP contribution in [0.15, 0.2) is 90.2 Å². The molecule has 0 unspecified atom stereocenters. The fourth-order valence-electron chi connectivity index (χ4n) is 3.15. The number of rotatable bonds is 5. The highest BCUT2D eigenvalue weighted by molar-refractivity contribution is 6.39. The molecule has 8 heteroatoms. The normalized spacial score (nSPS) is 10.8. The number of carbonyl (C=O) groups excluding carboxylic acids is 2. The zero-order valence-corrected chi connectivity index (χ0v) is 17.7. The fourth-order valence-corrected chi connectivity index (χ4v) is 3.15. The van der Waals surface area contributed by atoms with Crippen molar-refractivity contribution >= 4 is 23.7 Å². The molecule has 0 spiro atoms. The average molecular weight is 441 g/mol. The standard InChI is InChI=1S/C25H20FN5O2/c1-17-6-5-7-21(14-17)28-24(32)25(33)29-27-15-19-16-31(22-8-3-2-4-9-22)30-23(19)18-10-12-20(26)13-11-18/h2-16H,1H3,(H,28,32)(H,29,33)/b27-15-. The molecule has 1 heterocycles. The summed E-state index contributed by atoms with van der Waals surface area (Å²) in [5, 5.41) is 11.0. The van der Waals surface area contributed by atoms with Crippen molar-refractivity contribution in [2.24, 2.45) is 5.10 Å². The van der Waals surface area contributed by atoms with Gasteiger partial charge in [0.15, 0.2) is 0 Å². The second-order valence-electron chi connectivity index (χ2n) is 7.24. The number of anilines is 1. The second kappa shape index (κ2) is 9.69. The predicted molar refractivity (Wildman–Crippen MR) is 125 cm³/mol. The van der Waals surface area contributed by atoms with Gasteiger partial charge in [-0.1, -0.05) is 30.3 Å². The van der Waals surface area contributed by atoms with E-state index in [4.69, 9.17) is 0 Å². The third-order valence-corrected chi connectivity index (χ3v) is 4.73. The molecule has 0 fully saturated rings. The number of aromatic nitrogens is 2. The van der Waals surface area contributed by atoms with E-state index in [-0.39, 0.29) is 5.82 Å². The molecule has 0 radical (unpaired) electrons. The van der Waals surface area contributed by atoms with Crippen LogP contribution in [0.5, 0.6) is 0 Å². The fraction of sp³-hybridized carbons (Fsp3) is 0.0400. The molecule has 0 aliphatic carbocycles. The van der Waals surface area contributed by atoms with Gasteiger partial charge in [-0.25, -0.2) is 14.5 Å². The predicted octanol–water partition coefficient (Wildman–Crippen LogP) is 4.08. The summed E-state index contributed by atoms with van der Waals surface area (Å²) in [6, 6.07) is 22.4. The summed E-state index contributed by atoms with van der Waals surface area (Å²) in [4.78, 5) is 24.3. The first-order valence-corrected chi connectivity index (χ1v) is 10.1. The van der Waals surface area contributed by atoms with E-state index in [1.165, 1.54) is 18.3 Å². The van der Waals surface area contributed by atoms with Crippen LogP contribution in [-0.2, 0) is 9.59 Å².